The third kappa shape index (κ3) is 4.95. The van der Waals surface area contributed by atoms with E-state index in [0.717, 1.165) is 6.07 Å². The molecule has 3 rings (SSSR count). The van der Waals surface area contributed by atoms with Crippen LogP contribution in [-0.4, -0.2) is 31.3 Å². The highest BCUT2D eigenvalue weighted by atomic mass is 19.1. The number of halogens is 2. The predicted molar refractivity (Wildman–Crippen MR) is 98.4 cm³/mol. The number of rotatable bonds is 5. The van der Waals surface area contributed by atoms with Crippen molar-refractivity contribution in [2.45, 2.75) is 18.9 Å². The maximum atomic E-state index is 13.8. The lowest BCUT2D eigenvalue weighted by molar-refractivity contribution is 0.0257. The molecule has 7 nitrogen and oxygen atoms in total. The number of nitrogens with two attached hydrogens (primary N) is 1. The molecule has 0 unspecified atom stereocenters. The minimum absolute atomic E-state index is 0.119. The molecule has 0 aromatic heterocycles. The Hall–Kier alpha value is -3.20. The second-order valence-electron chi connectivity index (χ2n) is 6.21. The van der Waals surface area contributed by atoms with E-state index in [-0.39, 0.29) is 28.8 Å². The summed E-state index contributed by atoms with van der Waals surface area (Å²) in [4.78, 5) is 23.3. The number of anilines is 2. The summed E-state index contributed by atoms with van der Waals surface area (Å²) in [5, 5.41) is 4.98. The van der Waals surface area contributed by atoms with Gasteiger partial charge in [0.2, 0.25) is 0 Å². The molecule has 1 heterocycles. The summed E-state index contributed by atoms with van der Waals surface area (Å²) in [7, 11) is 0. The van der Waals surface area contributed by atoms with Gasteiger partial charge in [-0.3, -0.25) is 4.79 Å². The first-order valence-electron chi connectivity index (χ1n) is 8.63. The van der Waals surface area contributed by atoms with Gasteiger partial charge < -0.3 is 25.8 Å². The van der Waals surface area contributed by atoms with E-state index >= 15 is 0 Å². The number of hydrogen-bond acceptors (Lipinski definition) is 4. The van der Waals surface area contributed by atoms with E-state index in [4.69, 9.17) is 15.2 Å². The third-order valence-corrected chi connectivity index (χ3v) is 4.15. The van der Waals surface area contributed by atoms with Gasteiger partial charge in [0.05, 0.1) is 24.5 Å². The molecule has 0 radical (unpaired) electrons. The zero-order valence-corrected chi connectivity index (χ0v) is 14.8. The topological polar surface area (TPSA) is 103 Å². The molecule has 9 heteroatoms. The van der Waals surface area contributed by atoms with Crippen LogP contribution in [0.5, 0.6) is 5.75 Å². The first kappa shape index (κ1) is 19.6. The summed E-state index contributed by atoms with van der Waals surface area (Å²) in [5.41, 5.74) is 5.14. The summed E-state index contributed by atoms with van der Waals surface area (Å²) in [5.74, 6) is -2.07. The monoisotopic (exact) mass is 391 g/mol. The highest BCUT2D eigenvalue weighted by Crippen LogP contribution is 2.28. The van der Waals surface area contributed by atoms with Crippen LogP contribution in [-0.2, 0) is 4.74 Å². The molecule has 1 aliphatic heterocycles. The van der Waals surface area contributed by atoms with Crippen LogP contribution in [0.15, 0.2) is 36.4 Å². The molecule has 1 aliphatic rings. The van der Waals surface area contributed by atoms with E-state index in [1.165, 1.54) is 30.3 Å². The molecule has 148 valence electrons. The lowest BCUT2D eigenvalue weighted by atomic mass is 10.1. The number of urea groups is 1. The van der Waals surface area contributed by atoms with Crippen LogP contribution in [0.1, 0.15) is 23.2 Å². The van der Waals surface area contributed by atoms with Gasteiger partial charge in [-0.05, 0) is 30.3 Å². The molecule has 1 saturated heterocycles. The van der Waals surface area contributed by atoms with Gasteiger partial charge in [0.25, 0.3) is 5.91 Å². The smallest absolute Gasteiger partial charge is 0.323 e. The zero-order chi connectivity index (χ0) is 20.1. The van der Waals surface area contributed by atoms with Gasteiger partial charge in [0, 0.05) is 24.6 Å². The van der Waals surface area contributed by atoms with Gasteiger partial charge in [-0.1, -0.05) is 0 Å². The summed E-state index contributed by atoms with van der Waals surface area (Å²) < 4.78 is 38.5. The maximum Gasteiger partial charge on any atom is 0.323 e. The van der Waals surface area contributed by atoms with Gasteiger partial charge >= 0.3 is 6.03 Å². The molecule has 0 saturated carbocycles. The van der Waals surface area contributed by atoms with Crippen LogP contribution in [0.25, 0.3) is 0 Å². The molecule has 0 bridgehead atoms. The van der Waals surface area contributed by atoms with Gasteiger partial charge in [0.15, 0.2) is 0 Å². The average molecular weight is 391 g/mol. The van der Waals surface area contributed by atoms with Crippen LogP contribution in [0.2, 0.25) is 0 Å². The summed E-state index contributed by atoms with van der Waals surface area (Å²) in [6.07, 6.45) is 1.18. The Bertz CT molecular complexity index is 885. The second-order valence-corrected chi connectivity index (χ2v) is 6.21. The first-order valence-corrected chi connectivity index (χ1v) is 8.63. The Labute approximate surface area is 159 Å². The van der Waals surface area contributed by atoms with Crippen LogP contribution >= 0.6 is 0 Å². The van der Waals surface area contributed by atoms with Gasteiger partial charge in [0.1, 0.15) is 23.5 Å². The number of ether oxygens (including phenoxy) is 2. The molecule has 0 aliphatic carbocycles. The van der Waals surface area contributed by atoms with Crippen molar-refractivity contribution in [1.29, 1.82) is 0 Å². The summed E-state index contributed by atoms with van der Waals surface area (Å²) in [6, 6.07) is 6.55. The van der Waals surface area contributed by atoms with Crippen molar-refractivity contribution in [2.24, 2.45) is 5.73 Å². The van der Waals surface area contributed by atoms with Crippen LogP contribution in [0.4, 0.5) is 25.0 Å². The average Bonchev–Trinajstić information content (AvgIpc) is 2.64. The van der Waals surface area contributed by atoms with Gasteiger partial charge in [-0.2, -0.15) is 0 Å². The SMILES string of the molecule is NC(=O)c1ccc(NC(=O)Nc2ccc(F)cc2OC2CCOCC2)cc1F. The number of carbonyl (C=O) groups is 2. The number of amides is 3. The van der Waals surface area contributed by atoms with E-state index in [9.17, 15) is 18.4 Å². The number of carbonyl (C=O) groups excluding carboxylic acids is 2. The second kappa shape index (κ2) is 8.66. The Kier molecular flexibility index (Phi) is 6.05. The fourth-order valence-electron chi connectivity index (χ4n) is 2.75. The fraction of sp³-hybridized carbons (Fsp3) is 0.263. The van der Waals surface area contributed by atoms with Crippen molar-refractivity contribution in [1.82, 2.24) is 0 Å². The van der Waals surface area contributed by atoms with E-state index < -0.39 is 23.6 Å². The first-order chi connectivity index (χ1) is 13.4. The lowest BCUT2D eigenvalue weighted by Gasteiger charge is -2.24. The Morgan fingerprint density at radius 3 is 2.50 bits per heavy atom. The van der Waals surface area contributed by atoms with Crippen LogP contribution < -0.4 is 21.1 Å². The molecule has 28 heavy (non-hydrogen) atoms. The lowest BCUT2D eigenvalue weighted by Crippen LogP contribution is -2.27. The standard InChI is InChI=1S/C19H19F2N3O4/c20-11-1-4-16(17(9-11)28-13-5-7-27-8-6-13)24-19(26)23-12-2-3-14(18(22)25)15(21)10-12/h1-4,9-10,13H,5-8H2,(H2,22,25)(H2,23,24,26). The quantitative estimate of drug-likeness (QED) is 0.728. The molecule has 0 spiro atoms. The van der Waals surface area contributed by atoms with Crippen molar-refractivity contribution < 1.29 is 27.8 Å². The molecule has 0 atom stereocenters. The fourth-order valence-corrected chi connectivity index (χ4v) is 2.75. The summed E-state index contributed by atoms with van der Waals surface area (Å²) >= 11 is 0. The Balaban J connectivity index is 1.69. The molecular weight excluding hydrogens is 372 g/mol. The van der Waals surface area contributed by atoms with E-state index in [1.54, 1.807) is 0 Å². The highest BCUT2D eigenvalue weighted by Gasteiger charge is 2.18. The number of nitrogens with one attached hydrogen (secondary N) is 2. The molecule has 2 aromatic rings. The summed E-state index contributed by atoms with van der Waals surface area (Å²) in [6.45, 7) is 1.10. The third-order valence-electron chi connectivity index (χ3n) is 4.15. The van der Waals surface area contributed by atoms with Crippen molar-refractivity contribution in [3.63, 3.8) is 0 Å². The molecule has 2 aromatic carbocycles. The highest BCUT2D eigenvalue weighted by molar-refractivity contribution is 6.01. The van der Waals surface area contributed by atoms with Crippen LogP contribution in [0, 0.1) is 11.6 Å². The predicted octanol–water partition coefficient (Wildman–Crippen LogP) is 3.27. The molecule has 3 amide bonds. The number of hydrogen-bond donors (Lipinski definition) is 3. The largest absolute Gasteiger partial charge is 0.488 e. The van der Waals surface area contributed by atoms with E-state index in [0.29, 0.717) is 26.1 Å². The number of benzene rings is 2. The van der Waals surface area contributed by atoms with Crippen molar-refractivity contribution in [2.75, 3.05) is 23.8 Å². The van der Waals surface area contributed by atoms with Crippen molar-refractivity contribution in [3.05, 3.63) is 53.6 Å². The number of primary amides is 1. The van der Waals surface area contributed by atoms with Gasteiger partial charge in [-0.15, -0.1) is 0 Å². The van der Waals surface area contributed by atoms with Crippen LogP contribution in [0.3, 0.4) is 0 Å². The minimum Gasteiger partial charge on any atom is -0.488 e. The van der Waals surface area contributed by atoms with E-state index in [2.05, 4.69) is 10.6 Å². The molecule has 4 N–H and O–H groups in total. The van der Waals surface area contributed by atoms with Crippen molar-refractivity contribution in [3.8, 4) is 5.75 Å². The maximum absolute atomic E-state index is 13.8. The van der Waals surface area contributed by atoms with E-state index in [1.807, 2.05) is 0 Å². The molecule has 1 fully saturated rings. The molecular formula is C19H19F2N3O4. The normalized spacial score (nSPS) is 14.4. The van der Waals surface area contributed by atoms with Crippen molar-refractivity contribution >= 4 is 23.3 Å². The van der Waals surface area contributed by atoms with Gasteiger partial charge in [-0.25, -0.2) is 13.6 Å². The zero-order valence-electron chi connectivity index (χ0n) is 14.8. The Morgan fingerprint density at radius 2 is 1.82 bits per heavy atom. The Morgan fingerprint density at radius 1 is 1.07 bits per heavy atom. The minimum atomic E-state index is -0.908.